The standard InChI is InChI=1S/C10H5ClF2N4O2/c11-10-14-4-8(17(18)19)9(16-10)15-7-3-5(12)1-2-6(7)13/h1-4H,(H,14,15,16). The maximum atomic E-state index is 13.4. The van der Waals surface area contributed by atoms with Crippen LogP contribution in [0.15, 0.2) is 24.4 Å². The summed E-state index contributed by atoms with van der Waals surface area (Å²) >= 11 is 5.51. The Bertz CT molecular complexity index is 653. The number of aromatic nitrogens is 2. The van der Waals surface area contributed by atoms with E-state index in [1.165, 1.54) is 0 Å². The van der Waals surface area contributed by atoms with Crippen molar-refractivity contribution < 1.29 is 13.7 Å². The number of benzene rings is 1. The van der Waals surface area contributed by atoms with E-state index < -0.39 is 22.2 Å². The van der Waals surface area contributed by atoms with Gasteiger partial charge in [0.2, 0.25) is 11.1 Å². The summed E-state index contributed by atoms with van der Waals surface area (Å²) in [5, 5.41) is 12.8. The minimum atomic E-state index is -0.787. The Labute approximate surface area is 110 Å². The molecule has 0 aliphatic heterocycles. The lowest BCUT2D eigenvalue weighted by Gasteiger charge is -2.07. The summed E-state index contributed by atoms with van der Waals surface area (Å²) in [7, 11) is 0. The summed E-state index contributed by atoms with van der Waals surface area (Å²) < 4.78 is 26.4. The molecule has 19 heavy (non-hydrogen) atoms. The van der Waals surface area contributed by atoms with E-state index in [4.69, 9.17) is 11.6 Å². The van der Waals surface area contributed by atoms with E-state index in [1.54, 1.807) is 0 Å². The van der Waals surface area contributed by atoms with Gasteiger partial charge in [-0.3, -0.25) is 10.1 Å². The molecule has 9 heteroatoms. The van der Waals surface area contributed by atoms with Gasteiger partial charge in [-0.05, 0) is 23.7 Å². The molecule has 0 saturated heterocycles. The molecule has 0 aliphatic carbocycles. The number of anilines is 2. The van der Waals surface area contributed by atoms with Crippen molar-refractivity contribution in [2.75, 3.05) is 5.32 Å². The average Bonchev–Trinajstić information content (AvgIpc) is 2.33. The monoisotopic (exact) mass is 286 g/mol. The molecule has 98 valence electrons. The molecule has 0 amide bonds. The summed E-state index contributed by atoms with van der Waals surface area (Å²) in [6.45, 7) is 0. The lowest BCUT2D eigenvalue weighted by atomic mass is 10.3. The van der Waals surface area contributed by atoms with E-state index in [-0.39, 0.29) is 16.8 Å². The molecular weight excluding hydrogens is 282 g/mol. The minimum absolute atomic E-state index is 0.259. The molecule has 2 aromatic rings. The van der Waals surface area contributed by atoms with E-state index in [0.717, 1.165) is 24.4 Å². The Hall–Kier alpha value is -2.35. The predicted octanol–water partition coefficient (Wildman–Crippen LogP) is 3.06. The second-order valence-corrected chi connectivity index (χ2v) is 3.72. The fourth-order valence-corrected chi connectivity index (χ4v) is 1.43. The molecule has 0 saturated carbocycles. The summed E-state index contributed by atoms with van der Waals surface area (Å²) in [6.07, 6.45) is 0.870. The van der Waals surface area contributed by atoms with Crippen LogP contribution in [0.2, 0.25) is 5.28 Å². The van der Waals surface area contributed by atoms with Crippen molar-refractivity contribution in [1.82, 2.24) is 9.97 Å². The minimum Gasteiger partial charge on any atom is -0.332 e. The van der Waals surface area contributed by atoms with Gasteiger partial charge in [0.15, 0.2) is 0 Å². The van der Waals surface area contributed by atoms with Crippen LogP contribution < -0.4 is 5.32 Å². The second kappa shape index (κ2) is 5.11. The molecule has 1 N–H and O–H groups in total. The third kappa shape index (κ3) is 2.91. The first-order chi connectivity index (χ1) is 8.97. The van der Waals surface area contributed by atoms with Gasteiger partial charge in [-0.25, -0.2) is 13.8 Å². The average molecular weight is 287 g/mol. The fraction of sp³-hybridized carbons (Fsp3) is 0. The zero-order chi connectivity index (χ0) is 14.0. The maximum Gasteiger partial charge on any atom is 0.329 e. The Morgan fingerprint density at radius 2 is 2.11 bits per heavy atom. The smallest absolute Gasteiger partial charge is 0.329 e. The Kier molecular flexibility index (Phi) is 3.52. The lowest BCUT2D eigenvalue weighted by Crippen LogP contribution is -2.02. The Morgan fingerprint density at radius 1 is 1.37 bits per heavy atom. The highest BCUT2D eigenvalue weighted by molar-refractivity contribution is 6.28. The van der Waals surface area contributed by atoms with Gasteiger partial charge in [0.1, 0.15) is 17.8 Å². The van der Waals surface area contributed by atoms with Crippen LogP contribution in [0.3, 0.4) is 0 Å². The van der Waals surface area contributed by atoms with Crippen molar-refractivity contribution >= 4 is 28.8 Å². The molecule has 0 radical (unpaired) electrons. The first-order valence-electron chi connectivity index (χ1n) is 4.86. The van der Waals surface area contributed by atoms with Crippen molar-refractivity contribution in [1.29, 1.82) is 0 Å². The topological polar surface area (TPSA) is 81.0 Å². The van der Waals surface area contributed by atoms with Crippen LogP contribution in [0.4, 0.5) is 26.0 Å². The van der Waals surface area contributed by atoms with Gasteiger partial charge in [-0.1, -0.05) is 0 Å². The van der Waals surface area contributed by atoms with Crippen molar-refractivity contribution in [3.63, 3.8) is 0 Å². The third-order valence-corrected chi connectivity index (χ3v) is 2.30. The number of rotatable bonds is 3. The quantitative estimate of drug-likeness (QED) is 0.533. The van der Waals surface area contributed by atoms with Crippen LogP contribution in [0.5, 0.6) is 0 Å². The molecule has 1 aromatic carbocycles. The highest BCUT2D eigenvalue weighted by Crippen LogP contribution is 2.27. The largest absolute Gasteiger partial charge is 0.332 e. The Balaban J connectivity index is 2.45. The molecule has 2 rings (SSSR count). The van der Waals surface area contributed by atoms with E-state index in [1.807, 2.05) is 0 Å². The summed E-state index contributed by atoms with van der Waals surface area (Å²) in [4.78, 5) is 17.0. The van der Waals surface area contributed by atoms with Crippen molar-refractivity contribution in [3.05, 3.63) is 51.4 Å². The second-order valence-electron chi connectivity index (χ2n) is 3.38. The molecule has 1 heterocycles. The van der Waals surface area contributed by atoms with Gasteiger partial charge in [0.05, 0.1) is 10.6 Å². The van der Waals surface area contributed by atoms with E-state index in [0.29, 0.717) is 0 Å². The summed E-state index contributed by atoms with van der Waals surface area (Å²) in [5.74, 6) is -1.81. The molecule has 6 nitrogen and oxygen atoms in total. The van der Waals surface area contributed by atoms with Gasteiger partial charge in [-0.15, -0.1) is 0 Å². The molecule has 0 fully saturated rings. The lowest BCUT2D eigenvalue weighted by molar-refractivity contribution is -0.384. The van der Waals surface area contributed by atoms with Gasteiger partial charge < -0.3 is 5.32 Å². The number of halogens is 3. The molecule has 0 spiro atoms. The van der Waals surface area contributed by atoms with Crippen LogP contribution in [0, 0.1) is 21.7 Å². The normalized spacial score (nSPS) is 10.3. The SMILES string of the molecule is O=[N+]([O-])c1cnc(Cl)nc1Nc1cc(F)ccc1F. The molecule has 0 bridgehead atoms. The van der Waals surface area contributed by atoms with Crippen LogP contribution in [0.25, 0.3) is 0 Å². The number of nitro groups is 1. The van der Waals surface area contributed by atoms with E-state index in [9.17, 15) is 18.9 Å². The van der Waals surface area contributed by atoms with Crippen molar-refractivity contribution in [2.45, 2.75) is 0 Å². The Morgan fingerprint density at radius 3 is 2.79 bits per heavy atom. The highest BCUT2D eigenvalue weighted by Gasteiger charge is 2.18. The number of nitrogens with one attached hydrogen (secondary N) is 1. The van der Waals surface area contributed by atoms with Gasteiger partial charge >= 0.3 is 5.69 Å². The van der Waals surface area contributed by atoms with Crippen LogP contribution in [-0.4, -0.2) is 14.9 Å². The van der Waals surface area contributed by atoms with Gasteiger partial charge in [0, 0.05) is 6.07 Å². The van der Waals surface area contributed by atoms with Gasteiger partial charge in [-0.2, -0.15) is 4.98 Å². The number of nitrogens with zero attached hydrogens (tertiary/aromatic N) is 3. The van der Waals surface area contributed by atoms with Gasteiger partial charge in [0.25, 0.3) is 0 Å². The first kappa shape index (κ1) is 13.1. The molecule has 0 atom stereocenters. The third-order valence-electron chi connectivity index (χ3n) is 2.12. The highest BCUT2D eigenvalue weighted by atomic mass is 35.5. The summed E-state index contributed by atoms with van der Waals surface area (Å²) in [5.41, 5.74) is -0.800. The first-order valence-corrected chi connectivity index (χ1v) is 5.24. The molecular formula is C10H5ClF2N4O2. The molecule has 0 unspecified atom stereocenters. The van der Waals surface area contributed by atoms with E-state index in [2.05, 4.69) is 15.3 Å². The van der Waals surface area contributed by atoms with E-state index >= 15 is 0 Å². The fourth-order valence-electron chi connectivity index (χ4n) is 1.30. The van der Waals surface area contributed by atoms with Crippen molar-refractivity contribution in [2.24, 2.45) is 0 Å². The van der Waals surface area contributed by atoms with Crippen molar-refractivity contribution in [3.8, 4) is 0 Å². The summed E-state index contributed by atoms with van der Waals surface area (Å²) in [6, 6.07) is 2.64. The van der Waals surface area contributed by atoms with Crippen LogP contribution >= 0.6 is 11.6 Å². The van der Waals surface area contributed by atoms with Crippen LogP contribution in [-0.2, 0) is 0 Å². The molecule has 0 aliphatic rings. The van der Waals surface area contributed by atoms with Crippen LogP contribution in [0.1, 0.15) is 0 Å². The predicted molar refractivity (Wildman–Crippen MR) is 63.3 cm³/mol. The number of hydrogen-bond acceptors (Lipinski definition) is 5. The zero-order valence-electron chi connectivity index (χ0n) is 9.10. The zero-order valence-corrected chi connectivity index (χ0v) is 9.86. The number of hydrogen-bond donors (Lipinski definition) is 1. The maximum absolute atomic E-state index is 13.4. The molecule has 1 aromatic heterocycles.